The van der Waals surface area contributed by atoms with Crippen LogP contribution in [0, 0.1) is 0 Å². The average molecular weight is 281 g/mol. The zero-order valence-electron chi connectivity index (χ0n) is 11.9. The van der Waals surface area contributed by atoms with Crippen LogP contribution in [-0.4, -0.2) is 55.2 Å². The summed E-state index contributed by atoms with van der Waals surface area (Å²) in [5, 5.41) is 10.6. The molecule has 0 N–H and O–H groups in total. The van der Waals surface area contributed by atoms with E-state index in [0.29, 0.717) is 13.0 Å². The summed E-state index contributed by atoms with van der Waals surface area (Å²) in [6, 6.07) is -0.502. The Morgan fingerprint density at radius 3 is 2.75 bits per heavy atom. The van der Waals surface area contributed by atoms with Crippen LogP contribution in [0.4, 0.5) is 0 Å². The van der Waals surface area contributed by atoms with Crippen molar-refractivity contribution in [2.24, 2.45) is 0 Å². The van der Waals surface area contributed by atoms with Crippen LogP contribution in [0.15, 0.2) is 6.33 Å². The third kappa shape index (κ3) is 3.52. The van der Waals surface area contributed by atoms with E-state index in [9.17, 15) is 9.59 Å². The Balaban J connectivity index is 1.99. The van der Waals surface area contributed by atoms with Gasteiger partial charge in [-0.05, 0) is 44.0 Å². The van der Waals surface area contributed by atoms with E-state index in [0.717, 1.165) is 6.42 Å². The molecule has 1 aliphatic heterocycles. The summed E-state index contributed by atoms with van der Waals surface area (Å²) in [7, 11) is 0. The predicted molar refractivity (Wildman–Crippen MR) is 68.4 cm³/mol. The van der Waals surface area contributed by atoms with E-state index >= 15 is 0 Å². The lowest BCUT2D eigenvalue weighted by Gasteiger charge is -2.27. The molecule has 8 heteroatoms. The quantitative estimate of drug-likeness (QED) is 0.725. The number of aromatic nitrogens is 4. The Hall–Kier alpha value is -1.99. The van der Waals surface area contributed by atoms with Crippen molar-refractivity contribution in [2.45, 2.75) is 51.8 Å². The first-order chi connectivity index (χ1) is 9.37. The predicted octanol–water partition coefficient (Wildman–Crippen LogP) is 0.00580. The molecule has 8 nitrogen and oxygen atoms in total. The van der Waals surface area contributed by atoms with E-state index in [4.69, 9.17) is 4.74 Å². The molecule has 0 bridgehead atoms. The van der Waals surface area contributed by atoms with E-state index in [1.54, 1.807) is 4.90 Å². The molecular formula is C12H19N5O3. The molecule has 1 atom stereocenters. The molecule has 1 amide bonds. The van der Waals surface area contributed by atoms with E-state index < -0.39 is 11.6 Å². The summed E-state index contributed by atoms with van der Waals surface area (Å²) >= 11 is 0. The molecule has 0 saturated carbocycles. The lowest BCUT2D eigenvalue weighted by atomic mass is 10.1. The fourth-order valence-corrected chi connectivity index (χ4v) is 2.16. The largest absolute Gasteiger partial charge is 0.458 e. The smallest absolute Gasteiger partial charge is 0.329 e. The minimum absolute atomic E-state index is 0.0340. The van der Waals surface area contributed by atoms with Crippen LogP contribution >= 0.6 is 0 Å². The fourth-order valence-electron chi connectivity index (χ4n) is 2.16. The number of ether oxygens (including phenoxy) is 1. The highest BCUT2D eigenvalue weighted by Gasteiger charge is 2.36. The van der Waals surface area contributed by atoms with Gasteiger partial charge in [-0.2, -0.15) is 0 Å². The first-order valence-electron chi connectivity index (χ1n) is 6.60. The highest BCUT2D eigenvalue weighted by molar-refractivity contribution is 5.85. The van der Waals surface area contributed by atoms with Crippen molar-refractivity contribution in [2.75, 3.05) is 6.54 Å². The summed E-state index contributed by atoms with van der Waals surface area (Å²) in [5.41, 5.74) is -0.551. The van der Waals surface area contributed by atoms with Crippen molar-refractivity contribution in [3.8, 4) is 0 Å². The van der Waals surface area contributed by atoms with Crippen LogP contribution in [0.1, 0.15) is 33.6 Å². The summed E-state index contributed by atoms with van der Waals surface area (Å²) in [5.74, 6) is -0.522. The number of rotatable bonds is 3. The minimum Gasteiger partial charge on any atom is -0.458 e. The van der Waals surface area contributed by atoms with Crippen molar-refractivity contribution in [1.29, 1.82) is 0 Å². The molecule has 0 radical (unpaired) electrons. The molecule has 2 rings (SSSR count). The van der Waals surface area contributed by atoms with Crippen molar-refractivity contribution >= 4 is 11.9 Å². The SMILES string of the molecule is CC(C)(C)OC(=O)[C@@H]1CCCN1C(=O)Cn1cnnn1. The molecule has 1 aromatic rings. The molecule has 0 unspecified atom stereocenters. The summed E-state index contributed by atoms with van der Waals surface area (Å²) in [6.07, 6.45) is 2.80. The number of hydrogen-bond acceptors (Lipinski definition) is 6. The third-order valence-corrected chi connectivity index (χ3v) is 2.94. The Kier molecular flexibility index (Phi) is 4.01. The third-order valence-electron chi connectivity index (χ3n) is 2.94. The van der Waals surface area contributed by atoms with Gasteiger partial charge in [-0.15, -0.1) is 5.10 Å². The van der Waals surface area contributed by atoms with Gasteiger partial charge in [0.25, 0.3) is 0 Å². The molecule has 20 heavy (non-hydrogen) atoms. The van der Waals surface area contributed by atoms with Gasteiger partial charge in [0.15, 0.2) is 0 Å². The molecular weight excluding hydrogens is 262 g/mol. The fraction of sp³-hybridized carbons (Fsp3) is 0.750. The standard InChI is InChI=1S/C12H19N5O3/c1-12(2,3)20-11(19)9-5-4-6-17(9)10(18)7-16-8-13-14-15-16/h8-9H,4-7H2,1-3H3/t9-/m0/s1. The number of amides is 1. The van der Waals surface area contributed by atoms with Gasteiger partial charge < -0.3 is 9.64 Å². The first-order valence-corrected chi connectivity index (χ1v) is 6.60. The van der Waals surface area contributed by atoms with Gasteiger partial charge in [-0.3, -0.25) is 4.79 Å². The molecule has 1 saturated heterocycles. The molecule has 0 aliphatic carbocycles. The zero-order chi connectivity index (χ0) is 14.8. The second kappa shape index (κ2) is 5.56. The summed E-state index contributed by atoms with van der Waals surface area (Å²) in [6.45, 7) is 6.03. The van der Waals surface area contributed by atoms with Crippen LogP contribution in [0.5, 0.6) is 0 Å². The van der Waals surface area contributed by atoms with Crippen LogP contribution in [-0.2, 0) is 20.9 Å². The molecule has 1 fully saturated rings. The number of hydrogen-bond donors (Lipinski definition) is 0. The topological polar surface area (TPSA) is 90.2 Å². The van der Waals surface area contributed by atoms with Crippen molar-refractivity contribution in [3.63, 3.8) is 0 Å². The van der Waals surface area contributed by atoms with Gasteiger partial charge in [0.1, 0.15) is 24.5 Å². The number of carbonyl (C=O) groups is 2. The second-order valence-electron chi connectivity index (χ2n) is 5.79. The number of likely N-dealkylation sites (tertiary alicyclic amines) is 1. The molecule has 0 spiro atoms. The maximum Gasteiger partial charge on any atom is 0.329 e. The molecule has 2 heterocycles. The summed E-state index contributed by atoms with van der Waals surface area (Å²) < 4.78 is 6.70. The number of nitrogens with zero attached hydrogens (tertiary/aromatic N) is 5. The van der Waals surface area contributed by atoms with Gasteiger partial charge in [-0.25, -0.2) is 9.48 Å². The van der Waals surface area contributed by atoms with Crippen LogP contribution in [0.3, 0.4) is 0 Å². The van der Waals surface area contributed by atoms with E-state index in [-0.39, 0.29) is 18.4 Å². The lowest BCUT2D eigenvalue weighted by molar-refractivity contribution is -0.163. The number of tetrazole rings is 1. The normalized spacial score (nSPS) is 19.1. The van der Waals surface area contributed by atoms with E-state index in [1.807, 2.05) is 20.8 Å². The van der Waals surface area contributed by atoms with Crippen LogP contribution in [0.25, 0.3) is 0 Å². The maximum atomic E-state index is 12.2. The Morgan fingerprint density at radius 2 is 2.15 bits per heavy atom. The van der Waals surface area contributed by atoms with Crippen molar-refractivity contribution in [3.05, 3.63) is 6.33 Å². The highest BCUT2D eigenvalue weighted by Crippen LogP contribution is 2.21. The van der Waals surface area contributed by atoms with Gasteiger partial charge in [0.2, 0.25) is 5.91 Å². The van der Waals surface area contributed by atoms with Crippen molar-refractivity contribution < 1.29 is 14.3 Å². The Bertz CT molecular complexity index is 480. The van der Waals surface area contributed by atoms with E-state index in [1.165, 1.54) is 11.0 Å². The van der Waals surface area contributed by atoms with Gasteiger partial charge in [0.05, 0.1) is 0 Å². The van der Waals surface area contributed by atoms with Gasteiger partial charge >= 0.3 is 5.97 Å². The van der Waals surface area contributed by atoms with E-state index in [2.05, 4.69) is 15.5 Å². The second-order valence-corrected chi connectivity index (χ2v) is 5.79. The molecule has 0 aromatic carbocycles. The number of esters is 1. The molecule has 1 aromatic heterocycles. The molecule has 110 valence electrons. The Labute approximate surface area is 117 Å². The lowest BCUT2D eigenvalue weighted by Crippen LogP contribution is -2.44. The zero-order valence-corrected chi connectivity index (χ0v) is 11.9. The van der Waals surface area contributed by atoms with Crippen LogP contribution < -0.4 is 0 Å². The van der Waals surface area contributed by atoms with Crippen molar-refractivity contribution in [1.82, 2.24) is 25.1 Å². The highest BCUT2D eigenvalue weighted by atomic mass is 16.6. The van der Waals surface area contributed by atoms with Crippen LogP contribution in [0.2, 0.25) is 0 Å². The maximum absolute atomic E-state index is 12.2. The molecule has 1 aliphatic rings. The van der Waals surface area contributed by atoms with Gasteiger partial charge in [-0.1, -0.05) is 0 Å². The van der Waals surface area contributed by atoms with Gasteiger partial charge in [0, 0.05) is 6.54 Å². The summed E-state index contributed by atoms with van der Waals surface area (Å²) in [4.78, 5) is 25.9. The minimum atomic E-state index is -0.551. The first kappa shape index (κ1) is 14.4. The Morgan fingerprint density at radius 1 is 1.40 bits per heavy atom. The average Bonchev–Trinajstić information content (AvgIpc) is 2.96. The monoisotopic (exact) mass is 281 g/mol. The number of carbonyl (C=O) groups excluding carboxylic acids is 2.